The van der Waals surface area contributed by atoms with Gasteiger partial charge in [-0.15, -0.1) is 13.9 Å². The molecule has 0 fully saturated rings. The average molecular weight is 624 g/mol. The van der Waals surface area contributed by atoms with Crippen LogP contribution in [0.2, 0.25) is 0 Å². The number of aromatic nitrogens is 4. The Labute approximate surface area is 263 Å². The van der Waals surface area contributed by atoms with E-state index in [9.17, 15) is 13.2 Å². The number of unbranched alkanes of at least 4 members (excludes halogenated alkanes) is 5. The first kappa shape index (κ1) is 35.1. The van der Waals surface area contributed by atoms with E-state index < -0.39 is 6.29 Å². The number of benzene rings is 2. The molecule has 0 saturated carbocycles. The Bertz CT molecular complexity index is 1590. The third-order valence-electron chi connectivity index (χ3n) is 7.03. The molecule has 1 aliphatic rings. The van der Waals surface area contributed by atoms with Crippen LogP contribution in [0.3, 0.4) is 0 Å². The number of hydrogen-bond donors (Lipinski definition) is 1. The Morgan fingerprint density at radius 1 is 0.956 bits per heavy atom. The van der Waals surface area contributed by atoms with Gasteiger partial charge in [0.05, 0.1) is 0 Å². The van der Waals surface area contributed by atoms with Crippen molar-refractivity contribution in [3.05, 3.63) is 90.1 Å². The smallest absolute Gasteiger partial charge is 0.395 e. The summed E-state index contributed by atoms with van der Waals surface area (Å²) >= 11 is 0. The van der Waals surface area contributed by atoms with Crippen LogP contribution in [0.15, 0.2) is 78.4 Å². The van der Waals surface area contributed by atoms with Gasteiger partial charge in [0.25, 0.3) is 0 Å². The van der Waals surface area contributed by atoms with Gasteiger partial charge in [0.2, 0.25) is 5.95 Å². The summed E-state index contributed by atoms with van der Waals surface area (Å²) in [6.07, 6.45) is 12.8. The van der Waals surface area contributed by atoms with Crippen LogP contribution in [-0.2, 0) is 6.42 Å². The van der Waals surface area contributed by atoms with Crippen molar-refractivity contribution in [1.29, 1.82) is 0 Å². The fraction of sp³-hybridized carbons (Fsp3) is 0.400. The fourth-order valence-electron chi connectivity index (χ4n) is 4.73. The highest BCUT2D eigenvalue weighted by Gasteiger charge is 2.45. The SMILES string of the molecule is C=C/C=C\C(Cc1nc2c3ccc4c(c3nc(N)n2n1)OC(F)(F)O4)=C(\C)CCC.CCCCCCCC.Fc1ccccc1. The number of alkyl halides is 2. The van der Waals surface area contributed by atoms with Crippen molar-refractivity contribution in [2.45, 2.75) is 91.8 Å². The lowest BCUT2D eigenvalue weighted by Crippen LogP contribution is -2.26. The molecule has 10 heteroatoms. The van der Waals surface area contributed by atoms with Gasteiger partial charge in [0.15, 0.2) is 23.0 Å². The molecular formula is C35H44F3N5O2. The number of nitrogens with two attached hydrogens (primary N) is 1. The predicted molar refractivity (Wildman–Crippen MR) is 175 cm³/mol. The van der Waals surface area contributed by atoms with E-state index in [-0.39, 0.29) is 28.8 Å². The van der Waals surface area contributed by atoms with Crippen LogP contribution in [0, 0.1) is 5.82 Å². The number of nitrogen functional groups attached to an aromatic ring is 1. The van der Waals surface area contributed by atoms with Crippen LogP contribution in [0.4, 0.5) is 19.1 Å². The molecule has 0 saturated heterocycles. The lowest BCUT2D eigenvalue weighted by atomic mass is 10.0. The zero-order valence-electron chi connectivity index (χ0n) is 26.7. The highest BCUT2D eigenvalue weighted by Crippen LogP contribution is 2.45. The largest absolute Gasteiger partial charge is 0.586 e. The summed E-state index contributed by atoms with van der Waals surface area (Å²) in [4.78, 5) is 8.82. The molecule has 7 nitrogen and oxygen atoms in total. The molecule has 5 rings (SSSR count). The van der Waals surface area contributed by atoms with Crippen molar-refractivity contribution in [1.82, 2.24) is 19.6 Å². The summed E-state index contributed by atoms with van der Waals surface area (Å²) in [7, 11) is 0. The first-order chi connectivity index (χ1) is 21.6. The number of anilines is 1. The Hall–Kier alpha value is -4.34. The number of halogens is 3. The molecule has 2 N–H and O–H groups in total. The van der Waals surface area contributed by atoms with Crippen molar-refractivity contribution >= 4 is 22.5 Å². The maximum atomic E-state index is 13.5. The zero-order chi connectivity index (χ0) is 32.8. The normalized spacial score (nSPS) is 13.7. The van der Waals surface area contributed by atoms with Crippen LogP contribution in [0.1, 0.15) is 84.9 Å². The van der Waals surface area contributed by atoms with Gasteiger partial charge in [-0.05, 0) is 43.2 Å². The lowest BCUT2D eigenvalue weighted by Gasteiger charge is -2.06. The minimum absolute atomic E-state index is 0.0147. The standard InChI is InChI=1S/C21H21F2N5O2.C8H18.C6H5F/c1-4-6-8-13(12(3)7-5-2)11-16-25-19-14-9-10-15-18(30-21(22,23)29-15)17(14)26-20(24)28(19)27-16;1-3-5-7-8-6-4-2;7-6-4-2-1-3-5-6/h4,6,8-10H,1,5,7,11H2,2-3H3,(H2,24,26);3-8H2,1-2H3;1-5H/b8-6-,13-12+;;. The Kier molecular flexibility index (Phi) is 13.5. The van der Waals surface area contributed by atoms with E-state index in [2.05, 4.69) is 58.8 Å². The summed E-state index contributed by atoms with van der Waals surface area (Å²) in [5.74, 6) is 0.115. The Morgan fingerprint density at radius 2 is 1.64 bits per heavy atom. The second kappa shape index (κ2) is 17.2. The van der Waals surface area contributed by atoms with Gasteiger partial charge >= 0.3 is 6.29 Å². The molecule has 2 aromatic heterocycles. The molecule has 0 bridgehead atoms. The van der Waals surface area contributed by atoms with Crippen molar-refractivity contribution in [3.8, 4) is 11.5 Å². The molecule has 0 atom stereocenters. The summed E-state index contributed by atoms with van der Waals surface area (Å²) in [5, 5.41) is 4.97. The maximum absolute atomic E-state index is 13.5. The Morgan fingerprint density at radius 3 is 2.22 bits per heavy atom. The minimum atomic E-state index is -3.74. The van der Waals surface area contributed by atoms with Crippen molar-refractivity contribution in [3.63, 3.8) is 0 Å². The highest BCUT2D eigenvalue weighted by molar-refractivity contribution is 5.97. The maximum Gasteiger partial charge on any atom is 0.586 e. The number of nitrogens with zero attached hydrogens (tertiary/aromatic N) is 4. The van der Waals surface area contributed by atoms with Gasteiger partial charge in [-0.1, -0.05) is 114 Å². The van der Waals surface area contributed by atoms with Crippen LogP contribution in [0.25, 0.3) is 16.6 Å². The monoisotopic (exact) mass is 623 g/mol. The molecular weight excluding hydrogens is 579 g/mol. The first-order valence-corrected chi connectivity index (χ1v) is 15.6. The minimum Gasteiger partial charge on any atom is -0.395 e. The highest BCUT2D eigenvalue weighted by atomic mass is 19.3. The molecule has 4 aromatic rings. The Balaban J connectivity index is 0.000000302. The average Bonchev–Trinajstić information content (AvgIpc) is 3.59. The molecule has 0 aliphatic carbocycles. The fourth-order valence-corrected chi connectivity index (χ4v) is 4.73. The van der Waals surface area contributed by atoms with Crippen LogP contribution < -0.4 is 15.2 Å². The van der Waals surface area contributed by atoms with E-state index in [1.807, 2.05) is 12.2 Å². The van der Waals surface area contributed by atoms with E-state index in [1.165, 1.54) is 66.8 Å². The molecule has 0 unspecified atom stereocenters. The molecule has 2 aromatic carbocycles. The topological polar surface area (TPSA) is 87.6 Å². The van der Waals surface area contributed by atoms with Crippen molar-refractivity contribution in [2.75, 3.05) is 5.73 Å². The van der Waals surface area contributed by atoms with Gasteiger partial charge in [0.1, 0.15) is 11.3 Å². The molecule has 45 heavy (non-hydrogen) atoms. The van der Waals surface area contributed by atoms with Crippen molar-refractivity contribution < 1.29 is 22.6 Å². The van der Waals surface area contributed by atoms with E-state index in [4.69, 9.17) is 5.73 Å². The van der Waals surface area contributed by atoms with E-state index in [1.54, 1.807) is 30.3 Å². The van der Waals surface area contributed by atoms with E-state index in [0.717, 1.165) is 18.4 Å². The number of hydrogen-bond acceptors (Lipinski definition) is 6. The summed E-state index contributed by atoms with van der Waals surface area (Å²) in [6.45, 7) is 12.4. The number of allylic oxidation sites excluding steroid dienone is 5. The van der Waals surface area contributed by atoms with E-state index >= 15 is 0 Å². The zero-order valence-corrected chi connectivity index (χ0v) is 26.7. The first-order valence-electron chi connectivity index (χ1n) is 15.6. The number of rotatable bonds is 11. The second-order valence-electron chi connectivity index (χ2n) is 10.7. The third-order valence-corrected chi connectivity index (χ3v) is 7.03. The van der Waals surface area contributed by atoms with Crippen LogP contribution in [0.5, 0.6) is 11.5 Å². The summed E-state index contributed by atoms with van der Waals surface area (Å²) < 4.78 is 49.5. The number of fused-ring (bicyclic) bond motifs is 5. The number of ether oxygens (including phenoxy) is 2. The van der Waals surface area contributed by atoms with Gasteiger partial charge in [-0.3, -0.25) is 0 Å². The molecule has 0 spiro atoms. The van der Waals surface area contributed by atoms with E-state index in [0.29, 0.717) is 23.3 Å². The van der Waals surface area contributed by atoms with Gasteiger partial charge in [-0.2, -0.15) is 4.52 Å². The third kappa shape index (κ3) is 10.1. The van der Waals surface area contributed by atoms with Crippen molar-refractivity contribution in [2.24, 2.45) is 0 Å². The molecule has 0 radical (unpaired) electrons. The molecule has 0 amide bonds. The molecule has 1 aliphatic heterocycles. The van der Waals surface area contributed by atoms with Gasteiger partial charge < -0.3 is 15.2 Å². The molecule has 242 valence electrons. The van der Waals surface area contributed by atoms with Gasteiger partial charge in [-0.25, -0.2) is 14.4 Å². The van der Waals surface area contributed by atoms with Gasteiger partial charge in [0, 0.05) is 11.8 Å². The second-order valence-corrected chi connectivity index (χ2v) is 10.7. The summed E-state index contributed by atoms with van der Waals surface area (Å²) in [5.41, 5.74) is 8.92. The van der Waals surface area contributed by atoms with Crippen LogP contribution >= 0.6 is 0 Å². The lowest BCUT2D eigenvalue weighted by molar-refractivity contribution is -0.286. The molecule has 3 heterocycles. The summed E-state index contributed by atoms with van der Waals surface area (Å²) in [6, 6.07) is 10.9. The predicted octanol–water partition coefficient (Wildman–Crippen LogP) is 9.77. The quantitative estimate of drug-likeness (QED) is 0.132. The van der Waals surface area contributed by atoms with Crippen LogP contribution in [-0.4, -0.2) is 25.9 Å².